The third-order valence-corrected chi connectivity index (χ3v) is 3.31. The molecule has 6 nitrogen and oxygen atoms in total. The van der Waals surface area contributed by atoms with Crippen molar-refractivity contribution in [3.8, 4) is 11.8 Å². The van der Waals surface area contributed by atoms with Crippen LogP contribution in [0.5, 0.6) is 11.8 Å². The maximum Gasteiger partial charge on any atom is 0.240 e. The summed E-state index contributed by atoms with van der Waals surface area (Å²) < 4.78 is 16.2. The average Bonchev–Trinajstić information content (AvgIpc) is 2.86. The van der Waals surface area contributed by atoms with Crippen molar-refractivity contribution in [2.75, 3.05) is 21.3 Å². The number of rotatable bonds is 5. The quantitative estimate of drug-likeness (QED) is 0.907. The minimum absolute atomic E-state index is 0.193. The molecule has 2 rings (SSSR count). The van der Waals surface area contributed by atoms with E-state index in [1.165, 1.54) is 7.11 Å². The Hall–Kier alpha value is -1.60. The fraction of sp³-hybridized carbons (Fsp3) is 0.333. The molecule has 7 heteroatoms. The number of furan rings is 1. The van der Waals surface area contributed by atoms with Gasteiger partial charge in [-0.1, -0.05) is 0 Å². The number of nitrogens with one attached hydrogen (secondary N) is 1. The molecule has 0 radical (unpaired) electrons. The molecule has 2 aromatic rings. The number of hydrogen-bond donors (Lipinski definition) is 1. The molecule has 0 spiro atoms. The lowest BCUT2D eigenvalue weighted by Gasteiger charge is -2.17. The van der Waals surface area contributed by atoms with E-state index in [2.05, 4.69) is 31.2 Å². The first-order valence-electron chi connectivity index (χ1n) is 5.56. The smallest absolute Gasteiger partial charge is 0.240 e. The van der Waals surface area contributed by atoms with E-state index in [4.69, 9.17) is 13.9 Å². The summed E-state index contributed by atoms with van der Waals surface area (Å²) in [6.07, 6.45) is 3.16. The van der Waals surface area contributed by atoms with Crippen LogP contribution in [0.25, 0.3) is 0 Å². The number of aromatic nitrogens is 2. The molecule has 0 aromatic carbocycles. The van der Waals surface area contributed by atoms with Crippen LogP contribution in [0.2, 0.25) is 0 Å². The van der Waals surface area contributed by atoms with E-state index in [1.807, 2.05) is 13.1 Å². The Kier molecular flexibility index (Phi) is 4.39. The summed E-state index contributed by atoms with van der Waals surface area (Å²) >= 11 is 3.36. The van der Waals surface area contributed by atoms with Crippen molar-refractivity contribution in [3.05, 3.63) is 34.5 Å². The van der Waals surface area contributed by atoms with Gasteiger partial charge in [0.2, 0.25) is 11.8 Å². The fourth-order valence-electron chi connectivity index (χ4n) is 1.76. The van der Waals surface area contributed by atoms with Gasteiger partial charge < -0.3 is 19.2 Å². The Morgan fingerprint density at radius 1 is 1.37 bits per heavy atom. The Morgan fingerprint density at radius 2 is 2.16 bits per heavy atom. The fourth-order valence-corrected chi connectivity index (χ4v) is 2.23. The topological polar surface area (TPSA) is 69.4 Å². The van der Waals surface area contributed by atoms with Gasteiger partial charge in [0.1, 0.15) is 5.69 Å². The van der Waals surface area contributed by atoms with Gasteiger partial charge in [-0.2, -0.15) is 4.98 Å². The number of ether oxygens (including phenoxy) is 2. The zero-order valence-electron chi connectivity index (χ0n) is 10.8. The zero-order chi connectivity index (χ0) is 13.8. The summed E-state index contributed by atoms with van der Waals surface area (Å²) in [5.41, 5.74) is 1.58. The number of nitrogens with zero attached hydrogens (tertiary/aromatic N) is 2. The minimum Gasteiger partial charge on any atom is -0.480 e. The van der Waals surface area contributed by atoms with Gasteiger partial charge in [0.15, 0.2) is 4.67 Å². The summed E-state index contributed by atoms with van der Waals surface area (Å²) in [4.78, 5) is 8.58. The molecule has 0 saturated carbocycles. The van der Waals surface area contributed by atoms with Crippen LogP contribution in [-0.4, -0.2) is 31.2 Å². The van der Waals surface area contributed by atoms with Crippen LogP contribution < -0.4 is 14.8 Å². The van der Waals surface area contributed by atoms with Gasteiger partial charge in [-0.15, -0.1) is 0 Å². The van der Waals surface area contributed by atoms with Crippen molar-refractivity contribution in [2.24, 2.45) is 0 Å². The Morgan fingerprint density at radius 3 is 2.68 bits per heavy atom. The third kappa shape index (κ3) is 2.71. The van der Waals surface area contributed by atoms with Crippen molar-refractivity contribution in [2.45, 2.75) is 6.04 Å². The van der Waals surface area contributed by atoms with Crippen molar-refractivity contribution in [3.63, 3.8) is 0 Å². The van der Waals surface area contributed by atoms with E-state index < -0.39 is 0 Å². The summed E-state index contributed by atoms with van der Waals surface area (Å²) in [5.74, 6) is 0.813. The molecule has 0 saturated heterocycles. The molecular formula is C12H14BrN3O3. The highest BCUT2D eigenvalue weighted by Gasteiger charge is 2.23. The number of methoxy groups -OCH3 is 2. The lowest BCUT2D eigenvalue weighted by molar-refractivity contribution is 0.353. The van der Waals surface area contributed by atoms with Crippen LogP contribution in [0, 0.1) is 0 Å². The highest BCUT2D eigenvalue weighted by molar-refractivity contribution is 9.10. The van der Waals surface area contributed by atoms with Gasteiger partial charge >= 0.3 is 0 Å². The monoisotopic (exact) mass is 327 g/mol. The molecular weight excluding hydrogens is 314 g/mol. The van der Waals surface area contributed by atoms with Crippen LogP contribution in [0.4, 0.5) is 0 Å². The summed E-state index contributed by atoms with van der Waals surface area (Å²) in [7, 11) is 4.91. The highest BCUT2D eigenvalue weighted by atomic mass is 79.9. The summed E-state index contributed by atoms with van der Waals surface area (Å²) in [5, 5.41) is 3.16. The van der Waals surface area contributed by atoms with E-state index in [0.29, 0.717) is 22.1 Å². The summed E-state index contributed by atoms with van der Waals surface area (Å²) in [6, 6.07) is 1.66. The van der Waals surface area contributed by atoms with E-state index in [0.717, 1.165) is 5.56 Å². The lowest BCUT2D eigenvalue weighted by atomic mass is 10.1. The van der Waals surface area contributed by atoms with E-state index in [-0.39, 0.29) is 6.04 Å². The Labute approximate surface area is 119 Å². The number of halogens is 1. The average molecular weight is 328 g/mol. The van der Waals surface area contributed by atoms with Crippen LogP contribution in [0.3, 0.4) is 0 Å². The molecule has 0 aliphatic carbocycles. The second-order valence-corrected chi connectivity index (χ2v) is 4.40. The third-order valence-electron chi connectivity index (χ3n) is 2.67. The first-order valence-corrected chi connectivity index (χ1v) is 6.35. The minimum atomic E-state index is -0.193. The largest absolute Gasteiger partial charge is 0.480 e. The second kappa shape index (κ2) is 6.03. The molecule has 102 valence electrons. The van der Waals surface area contributed by atoms with Gasteiger partial charge in [0.05, 0.1) is 32.7 Å². The predicted molar refractivity (Wildman–Crippen MR) is 72.4 cm³/mol. The van der Waals surface area contributed by atoms with Crippen LogP contribution >= 0.6 is 15.9 Å². The van der Waals surface area contributed by atoms with Crippen molar-refractivity contribution >= 4 is 15.9 Å². The maximum absolute atomic E-state index is 5.27. The first kappa shape index (κ1) is 13.8. The predicted octanol–water partition coefficient (Wildman–Crippen LogP) is 2.16. The van der Waals surface area contributed by atoms with Gasteiger partial charge in [0, 0.05) is 5.56 Å². The zero-order valence-corrected chi connectivity index (χ0v) is 12.4. The molecule has 0 fully saturated rings. The number of hydrogen-bond acceptors (Lipinski definition) is 6. The van der Waals surface area contributed by atoms with Gasteiger partial charge in [0.25, 0.3) is 0 Å². The van der Waals surface area contributed by atoms with Crippen molar-refractivity contribution in [1.29, 1.82) is 0 Å². The molecule has 1 N–H and O–H groups in total. The highest BCUT2D eigenvalue weighted by Crippen LogP contribution is 2.32. The SMILES string of the molecule is CNC(c1ccoc1Br)c1ncc(OC)nc1OC. The van der Waals surface area contributed by atoms with E-state index >= 15 is 0 Å². The molecule has 19 heavy (non-hydrogen) atoms. The maximum atomic E-state index is 5.27. The Bertz CT molecular complexity index is 559. The second-order valence-electron chi connectivity index (χ2n) is 3.68. The molecule has 2 aromatic heterocycles. The molecule has 0 aliphatic heterocycles. The van der Waals surface area contributed by atoms with E-state index in [9.17, 15) is 0 Å². The molecule has 1 atom stereocenters. The van der Waals surface area contributed by atoms with Gasteiger partial charge in [-0.05, 0) is 29.0 Å². The van der Waals surface area contributed by atoms with Crippen molar-refractivity contribution in [1.82, 2.24) is 15.3 Å². The molecule has 2 heterocycles. The van der Waals surface area contributed by atoms with Crippen molar-refractivity contribution < 1.29 is 13.9 Å². The van der Waals surface area contributed by atoms with Crippen LogP contribution in [-0.2, 0) is 0 Å². The molecule has 1 unspecified atom stereocenters. The van der Waals surface area contributed by atoms with Gasteiger partial charge in [-0.3, -0.25) is 0 Å². The molecule has 0 aliphatic rings. The van der Waals surface area contributed by atoms with Crippen LogP contribution in [0.1, 0.15) is 17.3 Å². The normalized spacial score (nSPS) is 12.2. The molecule has 0 amide bonds. The first-order chi connectivity index (χ1) is 9.21. The van der Waals surface area contributed by atoms with E-state index in [1.54, 1.807) is 19.6 Å². The standard InChI is InChI=1S/C12H14BrN3O3/c1-14-9(7-4-5-19-11(7)13)10-12(18-3)16-8(17-2)6-15-10/h4-6,9,14H,1-3H3. The Balaban J connectivity index is 2.46. The van der Waals surface area contributed by atoms with Gasteiger partial charge in [-0.25, -0.2) is 4.98 Å². The molecule has 0 bridgehead atoms. The lowest BCUT2D eigenvalue weighted by Crippen LogP contribution is -2.20. The van der Waals surface area contributed by atoms with Crippen LogP contribution in [0.15, 0.2) is 27.6 Å². The summed E-state index contributed by atoms with van der Waals surface area (Å²) in [6.45, 7) is 0.